The van der Waals surface area contributed by atoms with Crippen LogP contribution in [0.2, 0.25) is 0 Å². The molecule has 0 aromatic heterocycles. The standard InChI is InChI=1S/C23H27N3O4/c1-15-11-26(12-16(2)30-15)13-19-6-4-3-5-18(19)10-24-23(28)17-7-8-21-20(9-17)25-22(27)14-29-21/h3-9,15-16H,10-14H2,1-2H3,(H,24,28)(H,25,27). The monoisotopic (exact) mass is 409 g/mol. The molecule has 2 aliphatic rings. The van der Waals surface area contributed by atoms with E-state index in [1.807, 2.05) is 18.2 Å². The van der Waals surface area contributed by atoms with Crippen molar-refractivity contribution in [3.8, 4) is 5.75 Å². The van der Waals surface area contributed by atoms with Crippen LogP contribution in [0.5, 0.6) is 5.75 Å². The minimum Gasteiger partial charge on any atom is -0.482 e. The zero-order valence-electron chi connectivity index (χ0n) is 17.3. The number of hydrogen-bond acceptors (Lipinski definition) is 5. The molecule has 2 aromatic carbocycles. The van der Waals surface area contributed by atoms with Crippen LogP contribution in [-0.4, -0.2) is 48.6 Å². The predicted octanol–water partition coefficient (Wildman–Crippen LogP) is 2.56. The Kier molecular flexibility index (Phi) is 6.01. The minimum absolute atomic E-state index is 0.00394. The average molecular weight is 409 g/mol. The molecule has 2 unspecified atom stereocenters. The summed E-state index contributed by atoms with van der Waals surface area (Å²) in [4.78, 5) is 26.6. The molecule has 0 spiro atoms. The van der Waals surface area contributed by atoms with Crippen molar-refractivity contribution in [3.05, 3.63) is 59.2 Å². The van der Waals surface area contributed by atoms with E-state index in [4.69, 9.17) is 9.47 Å². The summed E-state index contributed by atoms with van der Waals surface area (Å²) >= 11 is 0. The summed E-state index contributed by atoms with van der Waals surface area (Å²) in [5, 5.41) is 5.72. The molecular weight excluding hydrogens is 382 g/mol. The molecule has 158 valence electrons. The van der Waals surface area contributed by atoms with Gasteiger partial charge in [0.1, 0.15) is 5.75 Å². The maximum absolute atomic E-state index is 12.7. The summed E-state index contributed by atoms with van der Waals surface area (Å²) in [6.45, 7) is 7.25. The van der Waals surface area contributed by atoms with Crippen molar-refractivity contribution in [2.24, 2.45) is 0 Å². The van der Waals surface area contributed by atoms with Crippen molar-refractivity contribution in [1.29, 1.82) is 0 Å². The predicted molar refractivity (Wildman–Crippen MR) is 113 cm³/mol. The van der Waals surface area contributed by atoms with Crippen LogP contribution >= 0.6 is 0 Å². The lowest BCUT2D eigenvalue weighted by Gasteiger charge is -2.35. The van der Waals surface area contributed by atoms with Crippen LogP contribution in [0.25, 0.3) is 0 Å². The Morgan fingerprint density at radius 1 is 1.13 bits per heavy atom. The van der Waals surface area contributed by atoms with E-state index in [0.29, 0.717) is 23.5 Å². The molecule has 2 N–H and O–H groups in total. The summed E-state index contributed by atoms with van der Waals surface area (Å²) in [5.41, 5.74) is 3.29. The number of carbonyl (C=O) groups excluding carboxylic acids is 2. The van der Waals surface area contributed by atoms with Gasteiger partial charge >= 0.3 is 0 Å². The molecule has 2 atom stereocenters. The van der Waals surface area contributed by atoms with Crippen molar-refractivity contribution in [2.45, 2.75) is 39.1 Å². The van der Waals surface area contributed by atoms with E-state index in [1.165, 1.54) is 5.56 Å². The molecule has 0 bridgehead atoms. The maximum atomic E-state index is 12.7. The minimum atomic E-state index is -0.222. The summed E-state index contributed by atoms with van der Waals surface area (Å²) in [5.74, 6) is 0.159. The van der Waals surface area contributed by atoms with E-state index in [1.54, 1.807) is 18.2 Å². The molecule has 1 fully saturated rings. The van der Waals surface area contributed by atoms with E-state index in [0.717, 1.165) is 25.2 Å². The van der Waals surface area contributed by atoms with Gasteiger partial charge in [-0.1, -0.05) is 24.3 Å². The Balaban J connectivity index is 1.41. The average Bonchev–Trinajstić information content (AvgIpc) is 2.71. The molecule has 0 aliphatic carbocycles. The number of hydrogen-bond donors (Lipinski definition) is 2. The fourth-order valence-corrected chi connectivity index (χ4v) is 4.04. The zero-order valence-corrected chi connectivity index (χ0v) is 17.3. The first-order chi connectivity index (χ1) is 14.5. The number of rotatable bonds is 5. The van der Waals surface area contributed by atoms with Gasteiger partial charge in [0, 0.05) is 31.7 Å². The highest BCUT2D eigenvalue weighted by Gasteiger charge is 2.23. The quantitative estimate of drug-likeness (QED) is 0.794. The van der Waals surface area contributed by atoms with Crippen LogP contribution in [0.15, 0.2) is 42.5 Å². The van der Waals surface area contributed by atoms with Crippen LogP contribution in [0.3, 0.4) is 0 Å². The highest BCUT2D eigenvalue weighted by Crippen LogP contribution is 2.28. The topological polar surface area (TPSA) is 79.9 Å². The molecule has 7 nitrogen and oxygen atoms in total. The molecule has 2 aromatic rings. The maximum Gasteiger partial charge on any atom is 0.262 e. The molecule has 0 saturated carbocycles. The Morgan fingerprint density at radius 3 is 2.63 bits per heavy atom. The van der Waals surface area contributed by atoms with Crippen molar-refractivity contribution in [1.82, 2.24) is 10.2 Å². The lowest BCUT2D eigenvalue weighted by Crippen LogP contribution is -2.45. The Labute approximate surface area is 176 Å². The van der Waals surface area contributed by atoms with E-state index < -0.39 is 0 Å². The number of nitrogens with one attached hydrogen (secondary N) is 2. The first-order valence-electron chi connectivity index (χ1n) is 10.3. The second kappa shape index (κ2) is 8.85. The third kappa shape index (κ3) is 4.80. The summed E-state index contributed by atoms with van der Waals surface area (Å²) in [6.07, 6.45) is 0.434. The van der Waals surface area contributed by atoms with Crippen molar-refractivity contribution >= 4 is 17.5 Å². The molecule has 2 aliphatic heterocycles. The molecule has 4 rings (SSSR count). The number of nitrogens with zero attached hydrogens (tertiary/aromatic N) is 1. The van der Waals surface area contributed by atoms with E-state index in [-0.39, 0.29) is 30.6 Å². The fourth-order valence-electron chi connectivity index (χ4n) is 4.04. The molecular formula is C23H27N3O4. The number of carbonyl (C=O) groups is 2. The van der Waals surface area contributed by atoms with E-state index >= 15 is 0 Å². The first-order valence-corrected chi connectivity index (χ1v) is 10.3. The van der Waals surface area contributed by atoms with Gasteiger partial charge in [0.15, 0.2) is 6.61 Å². The summed E-state index contributed by atoms with van der Waals surface area (Å²) in [6, 6.07) is 13.2. The second-order valence-corrected chi connectivity index (χ2v) is 7.95. The number of amides is 2. The number of morpholine rings is 1. The highest BCUT2D eigenvalue weighted by atomic mass is 16.5. The van der Waals surface area contributed by atoms with Crippen LogP contribution in [0, 0.1) is 0 Å². The van der Waals surface area contributed by atoms with Gasteiger partial charge in [-0.2, -0.15) is 0 Å². The van der Waals surface area contributed by atoms with E-state index in [9.17, 15) is 9.59 Å². The van der Waals surface area contributed by atoms with Gasteiger partial charge in [0.2, 0.25) is 0 Å². The third-order valence-corrected chi connectivity index (χ3v) is 5.32. The zero-order chi connectivity index (χ0) is 21.1. The van der Waals surface area contributed by atoms with Gasteiger partial charge in [-0.25, -0.2) is 0 Å². The van der Waals surface area contributed by atoms with Crippen LogP contribution in [-0.2, 0) is 22.6 Å². The lowest BCUT2D eigenvalue weighted by molar-refractivity contribution is -0.118. The van der Waals surface area contributed by atoms with Gasteiger partial charge in [-0.05, 0) is 43.2 Å². The van der Waals surface area contributed by atoms with Crippen molar-refractivity contribution in [3.63, 3.8) is 0 Å². The van der Waals surface area contributed by atoms with Crippen molar-refractivity contribution in [2.75, 3.05) is 25.0 Å². The highest BCUT2D eigenvalue weighted by molar-refractivity contribution is 5.99. The Morgan fingerprint density at radius 2 is 1.87 bits per heavy atom. The van der Waals surface area contributed by atoms with E-state index in [2.05, 4.69) is 35.4 Å². The van der Waals surface area contributed by atoms with Crippen LogP contribution < -0.4 is 15.4 Å². The molecule has 2 heterocycles. The smallest absolute Gasteiger partial charge is 0.262 e. The molecule has 7 heteroatoms. The van der Waals surface area contributed by atoms with Crippen LogP contribution in [0.4, 0.5) is 5.69 Å². The first kappa shape index (κ1) is 20.4. The SMILES string of the molecule is CC1CN(Cc2ccccc2CNC(=O)c2ccc3c(c2)NC(=O)CO3)CC(C)O1. The summed E-state index contributed by atoms with van der Waals surface area (Å²) in [7, 11) is 0. The van der Waals surface area contributed by atoms with Crippen LogP contribution in [0.1, 0.15) is 35.3 Å². The fraction of sp³-hybridized carbons (Fsp3) is 0.391. The largest absolute Gasteiger partial charge is 0.482 e. The number of benzene rings is 2. The number of fused-ring (bicyclic) bond motifs is 1. The Hall–Kier alpha value is -2.90. The van der Waals surface area contributed by atoms with Gasteiger partial charge in [-0.3, -0.25) is 14.5 Å². The molecule has 1 saturated heterocycles. The lowest BCUT2D eigenvalue weighted by atomic mass is 10.1. The molecule has 2 amide bonds. The number of ether oxygens (including phenoxy) is 2. The molecule has 0 radical (unpaired) electrons. The van der Waals surface area contributed by atoms with Gasteiger partial charge in [0.05, 0.1) is 17.9 Å². The van der Waals surface area contributed by atoms with Crippen molar-refractivity contribution < 1.29 is 19.1 Å². The second-order valence-electron chi connectivity index (χ2n) is 7.95. The van der Waals surface area contributed by atoms with Gasteiger partial charge < -0.3 is 20.1 Å². The Bertz CT molecular complexity index is 936. The normalized spacial score (nSPS) is 21.3. The third-order valence-electron chi connectivity index (χ3n) is 5.32. The van der Waals surface area contributed by atoms with Gasteiger partial charge in [0.25, 0.3) is 11.8 Å². The number of anilines is 1. The molecule has 30 heavy (non-hydrogen) atoms. The summed E-state index contributed by atoms with van der Waals surface area (Å²) < 4.78 is 11.2. The van der Waals surface area contributed by atoms with Gasteiger partial charge in [-0.15, -0.1) is 0 Å².